The SMILES string of the molecule is Cc1cccc(C(=O)N[C@@H]2CCNC2)c1F. The average Bonchev–Trinajstić information content (AvgIpc) is 2.74. The molecule has 1 heterocycles. The summed E-state index contributed by atoms with van der Waals surface area (Å²) in [6.45, 7) is 3.32. The molecule has 2 N–H and O–H groups in total. The van der Waals surface area contributed by atoms with Gasteiger partial charge < -0.3 is 10.6 Å². The molecule has 1 fully saturated rings. The molecule has 1 aliphatic rings. The first-order valence-corrected chi connectivity index (χ1v) is 5.45. The third-order valence-corrected chi connectivity index (χ3v) is 2.83. The van der Waals surface area contributed by atoms with Gasteiger partial charge in [-0.15, -0.1) is 0 Å². The van der Waals surface area contributed by atoms with E-state index in [-0.39, 0.29) is 17.5 Å². The molecule has 1 aromatic carbocycles. The van der Waals surface area contributed by atoms with Gasteiger partial charge in [-0.3, -0.25) is 4.79 Å². The molecule has 0 unspecified atom stereocenters. The zero-order chi connectivity index (χ0) is 11.5. The maximum Gasteiger partial charge on any atom is 0.254 e. The lowest BCUT2D eigenvalue weighted by atomic mass is 10.1. The van der Waals surface area contributed by atoms with Crippen LogP contribution in [-0.4, -0.2) is 25.0 Å². The Morgan fingerprint density at radius 2 is 2.38 bits per heavy atom. The van der Waals surface area contributed by atoms with Crippen LogP contribution in [0.1, 0.15) is 22.3 Å². The second kappa shape index (κ2) is 4.61. The number of benzene rings is 1. The van der Waals surface area contributed by atoms with Crippen molar-refractivity contribution in [2.24, 2.45) is 0 Å². The number of amides is 1. The van der Waals surface area contributed by atoms with Crippen LogP contribution in [0.2, 0.25) is 0 Å². The first-order valence-electron chi connectivity index (χ1n) is 5.45. The van der Waals surface area contributed by atoms with E-state index in [1.165, 1.54) is 6.07 Å². The Balaban J connectivity index is 2.11. The van der Waals surface area contributed by atoms with E-state index in [9.17, 15) is 9.18 Å². The lowest BCUT2D eigenvalue weighted by molar-refractivity contribution is 0.0936. The van der Waals surface area contributed by atoms with E-state index in [2.05, 4.69) is 10.6 Å². The second-order valence-corrected chi connectivity index (χ2v) is 4.10. The van der Waals surface area contributed by atoms with E-state index in [0.717, 1.165) is 19.5 Å². The zero-order valence-electron chi connectivity index (χ0n) is 9.22. The molecule has 2 rings (SSSR count). The fourth-order valence-corrected chi connectivity index (χ4v) is 1.86. The predicted octanol–water partition coefficient (Wildman–Crippen LogP) is 1.23. The van der Waals surface area contributed by atoms with Crippen LogP contribution < -0.4 is 10.6 Å². The van der Waals surface area contributed by atoms with E-state index >= 15 is 0 Å². The van der Waals surface area contributed by atoms with Crippen LogP contribution in [0.5, 0.6) is 0 Å². The van der Waals surface area contributed by atoms with Gasteiger partial charge >= 0.3 is 0 Å². The Morgan fingerprint density at radius 3 is 3.06 bits per heavy atom. The largest absolute Gasteiger partial charge is 0.348 e. The summed E-state index contributed by atoms with van der Waals surface area (Å²) in [7, 11) is 0. The van der Waals surface area contributed by atoms with Crippen molar-refractivity contribution >= 4 is 5.91 Å². The zero-order valence-corrected chi connectivity index (χ0v) is 9.22. The molecule has 1 atom stereocenters. The van der Waals surface area contributed by atoms with Gasteiger partial charge in [0.15, 0.2) is 0 Å². The van der Waals surface area contributed by atoms with E-state index in [4.69, 9.17) is 0 Å². The van der Waals surface area contributed by atoms with E-state index < -0.39 is 5.82 Å². The molecule has 0 aliphatic carbocycles. The molecule has 0 radical (unpaired) electrons. The molecule has 3 nitrogen and oxygen atoms in total. The Kier molecular flexibility index (Phi) is 3.19. The van der Waals surface area contributed by atoms with Crippen LogP contribution >= 0.6 is 0 Å². The molecular weight excluding hydrogens is 207 g/mol. The normalized spacial score (nSPS) is 19.8. The minimum atomic E-state index is -0.425. The van der Waals surface area contributed by atoms with Crippen molar-refractivity contribution in [2.75, 3.05) is 13.1 Å². The van der Waals surface area contributed by atoms with Gasteiger partial charge in [0.1, 0.15) is 5.82 Å². The van der Waals surface area contributed by atoms with Crippen LogP contribution in [0.3, 0.4) is 0 Å². The molecule has 86 valence electrons. The van der Waals surface area contributed by atoms with Crippen molar-refractivity contribution in [1.82, 2.24) is 10.6 Å². The van der Waals surface area contributed by atoms with E-state index in [0.29, 0.717) is 5.56 Å². The van der Waals surface area contributed by atoms with Crippen molar-refractivity contribution in [3.05, 3.63) is 35.1 Å². The average molecular weight is 222 g/mol. The van der Waals surface area contributed by atoms with Crippen LogP contribution in [-0.2, 0) is 0 Å². The van der Waals surface area contributed by atoms with Crippen molar-refractivity contribution in [1.29, 1.82) is 0 Å². The Hall–Kier alpha value is -1.42. The van der Waals surface area contributed by atoms with Crippen LogP contribution in [0.4, 0.5) is 4.39 Å². The molecule has 1 aromatic rings. The molecular formula is C12H15FN2O. The third-order valence-electron chi connectivity index (χ3n) is 2.83. The predicted molar refractivity (Wildman–Crippen MR) is 59.9 cm³/mol. The standard InChI is InChI=1S/C12H15FN2O/c1-8-3-2-4-10(11(8)13)12(16)15-9-5-6-14-7-9/h2-4,9,14H,5-7H2,1H3,(H,15,16)/t9-/m1/s1. The number of carbonyl (C=O) groups is 1. The van der Waals surface area contributed by atoms with Crippen molar-refractivity contribution in [3.8, 4) is 0 Å². The van der Waals surface area contributed by atoms with Crippen molar-refractivity contribution in [3.63, 3.8) is 0 Å². The van der Waals surface area contributed by atoms with Gasteiger partial charge in [-0.25, -0.2) is 4.39 Å². The number of aryl methyl sites for hydroxylation is 1. The molecule has 1 aliphatic heterocycles. The summed E-state index contributed by atoms with van der Waals surface area (Å²) in [6, 6.07) is 4.98. The van der Waals surface area contributed by atoms with Gasteiger partial charge in [-0.2, -0.15) is 0 Å². The number of hydrogen-bond acceptors (Lipinski definition) is 2. The van der Waals surface area contributed by atoms with Gasteiger partial charge in [0.25, 0.3) is 5.91 Å². The lowest BCUT2D eigenvalue weighted by Crippen LogP contribution is -2.36. The Labute approximate surface area is 94.0 Å². The van der Waals surface area contributed by atoms with Gasteiger partial charge in [0.05, 0.1) is 5.56 Å². The van der Waals surface area contributed by atoms with Gasteiger partial charge in [-0.1, -0.05) is 12.1 Å². The topological polar surface area (TPSA) is 41.1 Å². The summed E-state index contributed by atoms with van der Waals surface area (Å²) < 4.78 is 13.6. The fraction of sp³-hybridized carbons (Fsp3) is 0.417. The van der Waals surface area contributed by atoms with Crippen LogP contribution in [0.25, 0.3) is 0 Å². The van der Waals surface area contributed by atoms with Gasteiger partial charge in [0.2, 0.25) is 0 Å². The van der Waals surface area contributed by atoms with Crippen LogP contribution in [0, 0.1) is 12.7 Å². The molecule has 0 aromatic heterocycles. The molecule has 1 amide bonds. The molecule has 0 spiro atoms. The highest BCUT2D eigenvalue weighted by Crippen LogP contribution is 2.12. The summed E-state index contributed by atoms with van der Waals surface area (Å²) in [5.74, 6) is -0.749. The maximum absolute atomic E-state index is 13.6. The van der Waals surface area contributed by atoms with Crippen LogP contribution in [0.15, 0.2) is 18.2 Å². The number of halogens is 1. The van der Waals surface area contributed by atoms with E-state index in [1.807, 2.05) is 0 Å². The third kappa shape index (κ3) is 2.22. The Bertz CT molecular complexity index is 400. The van der Waals surface area contributed by atoms with Gasteiger partial charge in [0, 0.05) is 12.6 Å². The summed E-state index contributed by atoms with van der Waals surface area (Å²) in [6.07, 6.45) is 0.902. The molecule has 1 saturated heterocycles. The minimum absolute atomic E-state index is 0.118. The van der Waals surface area contributed by atoms with Crippen molar-refractivity contribution in [2.45, 2.75) is 19.4 Å². The number of hydrogen-bond donors (Lipinski definition) is 2. The number of nitrogens with one attached hydrogen (secondary N) is 2. The Morgan fingerprint density at radius 1 is 1.56 bits per heavy atom. The lowest BCUT2D eigenvalue weighted by Gasteiger charge is -2.12. The molecule has 0 saturated carbocycles. The minimum Gasteiger partial charge on any atom is -0.348 e. The number of carbonyl (C=O) groups excluding carboxylic acids is 1. The quantitative estimate of drug-likeness (QED) is 0.790. The highest BCUT2D eigenvalue weighted by Gasteiger charge is 2.19. The summed E-state index contributed by atoms with van der Waals surface area (Å²) in [4.78, 5) is 11.8. The monoisotopic (exact) mass is 222 g/mol. The maximum atomic E-state index is 13.6. The molecule has 16 heavy (non-hydrogen) atoms. The first-order chi connectivity index (χ1) is 7.68. The van der Waals surface area contributed by atoms with Crippen molar-refractivity contribution < 1.29 is 9.18 Å². The highest BCUT2D eigenvalue weighted by molar-refractivity contribution is 5.94. The summed E-state index contributed by atoms with van der Waals surface area (Å²) in [5.41, 5.74) is 0.629. The fourth-order valence-electron chi connectivity index (χ4n) is 1.86. The summed E-state index contributed by atoms with van der Waals surface area (Å²) >= 11 is 0. The summed E-state index contributed by atoms with van der Waals surface area (Å²) in [5, 5.41) is 5.97. The highest BCUT2D eigenvalue weighted by atomic mass is 19.1. The smallest absolute Gasteiger partial charge is 0.254 e. The van der Waals surface area contributed by atoms with E-state index in [1.54, 1.807) is 19.1 Å². The molecule has 4 heteroatoms. The number of rotatable bonds is 2. The van der Waals surface area contributed by atoms with Gasteiger partial charge in [-0.05, 0) is 31.5 Å². The molecule has 0 bridgehead atoms. The second-order valence-electron chi connectivity index (χ2n) is 4.10. The first kappa shape index (κ1) is 11.1.